The maximum Gasteiger partial charge on any atom is 0.251 e. The van der Waals surface area contributed by atoms with Gasteiger partial charge < -0.3 is 10.6 Å². The van der Waals surface area contributed by atoms with Crippen molar-refractivity contribution < 1.29 is 4.79 Å². The summed E-state index contributed by atoms with van der Waals surface area (Å²) in [5.74, 6) is 0.807. The summed E-state index contributed by atoms with van der Waals surface area (Å²) in [6, 6.07) is 12.5. The van der Waals surface area contributed by atoms with Gasteiger partial charge in [0, 0.05) is 23.7 Å². The molecular weight excluding hydrogens is 398 g/mol. The van der Waals surface area contributed by atoms with E-state index in [-0.39, 0.29) is 5.91 Å². The Hall–Kier alpha value is -3.41. The minimum atomic E-state index is 0.000326. The van der Waals surface area contributed by atoms with Crippen LogP contribution in [-0.4, -0.2) is 32.9 Å². The minimum Gasteiger partial charge on any atom is -0.367 e. The third kappa shape index (κ3) is 3.81. The van der Waals surface area contributed by atoms with Crippen LogP contribution >= 0.6 is 0 Å². The summed E-state index contributed by atoms with van der Waals surface area (Å²) in [6.07, 6.45) is 6.27. The average molecular weight is 428 g/mol. The Labute approximate surface area is 188 Å². The molecule has 1 saturated carbocycles. The lowest BCUT2D eigenvalue weighted by Crippen LogP contribution is -2.25. The number of rotatable bonds is 7. The molecule has 32 heavy (non-hydrogen) atoms. The molecule has 1 aliphatic rings. The highest BCUT2D eigenvalue weighted by molar-refractivity contribution is 5.95. The molecule has 2 heterocycles. The molecule has 0 aliphatic heterocycles. The number of nitrogens with one attached hydrogen (secondary N) is 2. The van der Waals surface area contributed by atoms with Crippen LogP contribution in [0.4, 0.5) is 5.82 Å². The van der Waals surface area contributed by atoms with E-state index in [0.29, 0.717) is 11.6 Å². The average Bonchev–Trinajstić information content (AvgIpc) is 3.49. The number of anilines is 1. The first kappa shape index (κ1) is 20.5. The van der Waals surface area contributed by atoms with Crippen molar-refractivity contribution in [1.82, 2.24) is 19.7 Å². The van der Waals surface area contributed by atoms with Gasteiger partial charge >= 0.3 is 0 Å². The summed E-state index contributed by atoms with van der Waals surface area (Å²) < 4.78 is 2.18. The number of aromatic nitrogens is 3. The number of amides is 1. The third-order valence-electron chi connectivity index (χ3n) is 6.22. The first-order chi connectivity index (χ1) is 15.5. The highest BCUT2D eigenvalue weighted by atomic mass is 16.1. The number of hydrogen-bond donors (Lipinski definition) is 2. The van der Waals surface area contributed by atoms with Crippen molar-refractivity contribution in [1.29, 1.82) is 0 Å². The minimum absolute atomic E-state index is 0.000326. The van der Waals surface area contributed by atoms with E-state index in [1.165, 1.54) is 11.1 Å². The molecule has 5 rings (SSSR count). The number of hydrogen-bond acceptors (Lipinski definition) is 4. The molecule has 0 bridgehead atoms. The number of fused-ring (bicyclic) bond motifs is 3. The molecule has 1 amide bonds. The van der Waals surface area contributed by atoms with Crippen LogP contribution in [0.5, 0.6) is 0 Å². The Morgan fingerprint density at radius 3 is 2.59 bits per heavy atom. The van der Waals surface area contributed by atoms with Crippen LogP contribution in [0.2, 0.25) is 0 Å². The second-order valence-corrected chi connectivity index (χ2v) is 8.79. The van der Waals surface area contributed by atoms with Crippen molar-refractivity contribution in [2.75, 3.05) is 11.9 Å². The molecule has 6 nitrogen and oxygen atoms in total. The molecule has 1 aliphatic carbocycles. The van der Waals surface area contributed by atoms with E-state index < -0.39 is 0 Å². The lowest BCUT2D eigenvalue weighted by molar-refractivity contribution is 0.0951. The molecule has 0 radical (unpaired) electrons. The second-order valence-electron chi connectivity index (χ2n) is 8.79. The van der Waals surface area contributed by atoms with Crippen LogP contribution in [0, 0.1) is 13.8 Å². The number of carbonyl (C=O) groups excluding carboxylic acids is 1. The van der Waals surface area contributed by atoms with E-state index in [2.05, 4.69) is 47.9 Å². The number of aryl methyl sites for hydroxylation is 2. The van der Waals surface area contributed by atoms with Crippen molar-refractivity contribution >= 4 is 28.4 Å². The van der Waals surface area contributed by atoms with Crippen molar-refractivity contribution in [3.8, 4) is 11.3 Å². The predicted octanol–water partition coefficient (Wildman–Crippen LogP) is 5.27. The van der Waals surface area contributed by atoms with E-state index in [1.807, 2.05) is 30.5 Å². The van der Waals surface area contributed by atoms with Gasteiger partial charge in [0.2, 0.25) is 0 Å². The molecule has 2 aromatic carbocycles. The second kappa shape index (κ2) is 8.26. The molecule has 0 spiro atoms. The molecule has 2 N–H and O–H groups in total. The lowest BCUT2D eigenvalue weighted by atomic mass is 10.1. The third-order valence-corrected chi connectivity index (χ3v) is 6.22. The highest BCUT2D eigenvalue weighted by Gasteiger charge is 2.24. The number of benzene rings is 2. The molecular formula is C26H29N5O. The quantitative estimate of drug-likeness (QED) is 0.394. The zero-order valence-corrected chi connectivity index (χ0v) is 18.9. The van der Waals surface area contributed by atoms with Gasteiger partial charge in [-0.1, -0.05) is 25.5 Å². The molecule has 1 fully saturated rings. The van der Waals surface area contributed by atoms with Gasteiger partial charge in [0.1, 0.15) is 0 Å². The lowest BCUT2D eigenvalue weighted by Gasteiger charge is -2.13. The first-order valence-corrected chi connectivity index (χ1v) is 11.5. The molecule has 6 heteroatoms. The summed E-state index contributed by atoms with van der Waals surface area (Å²) in [4.78, 5) is 22.0. The number of imidazole rings is 1. The smallest absolute Gasteiger partial charge is 0.251 e. The van der Waals surface area contributed by atoms with E-state index >= 15 is 0 Å². The Balaban J connectivity index is 1.61. The van der Waals surface area contributed by atoms with Gasteiger partial charge in [-0.3, -0.25) is 9.20 Å². The number of unbranched alkanes of at least 4 members (excludes halogenated alkanes) is 1. The van der Waals surface area contributed by atoms with Crippen LogP contribution in [0.25, 0.3) is 27.9 Å². The summed E-state index contributed by atoms with van der Waals surface area (Å²) in [5, 5.41) is 6.53. The zero-order valence-electron chi connectivity index (χ0n) is 18.9. The van der Waals surface area contributed by atoms with Gasteiger partial charge in [-0.15, -0.1) is 0 Å². The maximum absolute atomic E-state index is 12.4. The Bertz CT molecular complexity index is 1300. The molecule has 2 aromatic heterocycles. The van der Waals surface area contributed by atoms with E-state index in [0.717, 1.165) is 66.0 Å². The fourth-order valence-electron chi connectivity index (χ4n) is 3.98. The van der Waals surface area contributed by atoms with Crippen molar-refractivity contribution in [3.05, 3.63) is 59.3 Å². The Morgan fingerprint density at radius 2 is 1.88 bits per heavy atom. The summed E-state index contributed by atoms with van der Waals surface area (Å²) >= 11 is 0. The van der Waals surface area contributed by atoms with Crippen molar-refractivity contribution in [2.45, 2.75) is 52.5 Å². The van der Waals surface area contributed by atoms with Crippen LogP contribution in [0.1, 0.15) is 54.1 Å². The first-order valence-electron chi connectivity index (χ1n) is 11.5. The zero-order chi connectivity index (χ0) is 22.2. The van der Waals surface area contributed by atoms with Gasteiger partial charge in [0.05, 0.1) is 22.9 Å². The number of carbonyl (C=O) groups is 1. The normalized spacial score (nSPS) is 13.6. The van der Waals surface area contributed by atoms with Gasteiger partial charge in [0.25, 0.3) is 5.91 Å². The summed E-state index contributed by atoms with van der Waals surface area (Å²) in [5.41, 5.74) is 7.94. The van der Waals surface area contributed by atoms with Crippen LogP contribution in [0.15, 0.2) is 42.6 Å². The van der Waals surface area contributed by atoms with Gasteiger partial charge in [-0.25, -0.2) is 9.97 Å². The van der Waals surface area contributed by atoms with Crippen LogP contribution < -0.4 is 10.6 Å². The summed E-state index contributed by atoms with van der Waals surface area (Å²) in [6.45, 7) is 7.28. The number of nitrogens with zero attached hydrogens (tertiary/aromatic N) is 3. The van der Waals surface area contributed by atoms with E-state index in [4.69, 9.17) is 9.97 Å². The fourth-order valence-corrected chi connectivity index (χ4v) is 3.98. The predicted molar refractivity (Wildman–Crippen MR) is 129 cm³/mol. The SMILES string of the molecule is CCCCNc1nc2cc(C)c(C)cc2n2c(-c3ccc(C(=O)NC4CC4)cc3)cnc12. The van der Waals surface area contributed by atoms with Gasteiger partial charge in [-0.05, 0) is 68.5 Å². The maximum atomic E-state index is 12.4. The largest absolute Gasteiger partial charge is 0.367 e. The standard InChI is InChI=1S/C26H29N5O/c1-4-5-12-27-24-25-28-15-23(31(25)22-14-17(3)16(2)13-21(22)30-24)18-6-8-19(9-7-18)26(32)29-20-10-11-20/h6-9,13-15,20H,4-5,10-12H2,1-3H3,(H,27,30)(H,29,32). The monoisotopic (exact) mass is 427 g/mol. The van der Waals surface area contributed by atoms with Crippen LogP contribution in [-0.2, 0) is 0 Å². The molecule has 0 atom stereocenters. The van der Waals surface area contributed by atoms with E-state index in [9.17, 15) is 4.79 Å². The molecule has 164 valence electrons. The Morgan fingerprint density at radius 1 is 1.12 bits per heavy atom. The van der Waals surface area contributed by atoms with E-state index in [1.54, 1.807) is 0 Å². The highest BCUT2D eigenvalue weighted by Crippen LogP contribution is 2.30. The van der Waals surface area contributed by atoms with Crippen molar-refractivity contribution in [2.24, 2.45) is 0 Å². The van der Waals surface area contributed by atoms with Gasteiger partial charge in [-0.2, -0.15) is 0 Å². The van der Waals surface area contributed by atoms with Crippen molar-refractivity contribution in [3.63, 3.8) is 0 Å². The Kier molecular flexibility index (Phi) is 5.29. The summed E-state index contributed by atoms with van der Waals surface area (Å²) in [7, 11) is 0. The molecule has 0 saturated heterocycles. The van der Waals surface area contributed by atoms with Crippen LogP contribution in [0.3, 0.4) is 0 Å². The molecule has 0 unspecified atom stereocenters. The topological polar surface area (TPSA) is 71.3 Å². The molecule has 4 aromatic rings. The fraction of sp³-hybridized carbons (Fsp3) is 0.346. The van der Waals surface area contributed by atoms with Gasteiger partial charge in [0.15, 0.2) is 11.5 Å².